The van der Waals surface area contributed by atoms with E-state index in [2.05, 4.69) is 15.8 Å². The van der Waals surface area contributed by atoms with Gasteiger partial charge in [-0.2, -0.15) is 0 Å². The topological polar surface area (TPSA) is 49.4 Å². The first-order chi connectivity index (χ1) is 10.1. The fourth-order valence-corrected chi connectivity index (χ4v) is 4.41. The third-order valence-electron chi connectivity index (χ3n) is 5.04. The van der Waals surface area contributed by atoms with Crippen LogP contribution in [0, 0.1) is 11.8 Å². The lowest BCUT2D eigenvalue weighted by molar-refractivity contribution is -0.235. The molecule has 1 aromatic heterocycles. The van der Waals surface area contributed by atoms with Crippen LogP contribution in [0.5, 0.6) is 0 Å². The van der Waals surface area contributed by atoms with Crippen LogP contribution in [0.25, 0.3) is 0 Å². The Labute approximate surface area is 133 Å². The predicted octanol–water partition coefficient (Wildman–Crippen LogP) is 3.42. The first-order valence-electron chi connectivity index (χ1n) is 7.45. The van der Waals surface area contributed by atoms with Gasteiger partial charge >= 0.3 is 0 Å². The number of rotatable bonds is 2. The zero-order chi connectivity index (χ0) is 14.4. The normalized spacial score (nSPS) is 35.5. The van der Waals surface area contributed by atoms with Crippen molar-refractivity contribution in [1.29, 1.82) is 0 Å². The van der Waals surface area contributed by atoms with E-state index in [1.165, 1.54) is 25.7 Å². The van der Waals surface area contributed by atoms with Crippen LogP contribution in [0.15, 0.2) is 12.3 Å². The van der Waals surface area contributed by atoms with E-state index in [0.29, 0.717) is 21.8 Å². The largest absolute Gasteiger partial charge is 0.264 e. The Balaban J connectivity index is 1.47. The first-order valence-corrected chi connectivity index (χ1v) is 8.21. The highest BCUT2D eigenvalue weighted by molar-refractivity contribution is 6.35. The minimum absolute atomic E-state index is 0.0624. The predicted molar refractivity (Wildman–Crippen MR) is 81.6 cm³/mol. The molecule has 3 saturated carbocycles. The van der Waals surface area contributed by atoms with Gasteiger partial charge in [0.1, 0.15) is 5.60 Å². The molecule has 1 aliphatic heterocycles. The van der Waals surface area contributed by atoms with E-state index in [0.717, 1.165) is 18.9 Å². The Morgan fingerprint density at radius 2 is 2.14 bits per heavy atom. The number of hydrazine groups is 2. The molecule has 1 saturated heterocycles. The fourth-order valence-electron chi connectivity index (χ4n) is 3.98. The fraction of sp³-hybridized carbons (Fsp3) is 0.643. The number of hydrogen-bond acceptors (Lipinski definition) is 5. The van der Waals surface area contributed by atoms with E-state index >= 15 is 0 Å². The van der Waals surface area contributed by atoms with Crippen molar-refractivity contribution in [2.75, 3.05) is 12.0 Å². The van der Waals surface area contributed by atoms with Crippen LogP contribution in [0.3, 0.4) is 0 Å². The van der Waals surface area contributed by atoms with E-state index in [-0.39, 0.29) is 5.60 Å². The molecule has 0 radical (unpaired) electrons. The first kappa shape index (κ1) is 14.0. The van der Waals surface area contributed by atoms with Crippen LogP contribution in [-0.2, 0) is 4.84 Å². The molecule has 5 rings (SSSR count). The van der Waals surface area contributed by atoms with Crippen molar-refractivity contribution in [3.8, 4) is 0 Å². The molecule has 1 aromatic rings. The van der Waals surface area contributed by atoms with Gasteiger partial charge in [-0.1, -0.05) is 23.2 Å². The molecule has 2 heterocycles. The number of pyridine rings is 1. The van der Waals surface area contributed by atoms with Gasteiger partial charge in [-0.3, -0.25) is 10.3 Å². The summed E-state index contributed by atoms with van der Waals surface area (Å²) in [5.74, 6) is 2.00. The van der Waals surface area contributed by atoms with Gasteiger partial charge < -0.3 is 0 Å². The number of nitrogens with zero attached hydrogens (tertiary/aromatic N) is 2. The van der Waals surface area contributed by atoms with Crippen LogP contribution in [-0.4, -0.2) is 22.4 Å². The molecular weight excluding hydrogens is 311 g/mol. The van der Waals surface area contributed by atoms with E-state index in [9.17, 15) is 0 Å². The number of aromatic nitrogens is 1. The smallest absolute Gasteiger partial charge is 0.162 e. The quantitative estimate of drug-likeness (QED) is 0.871. The van der Waals surface area contributed by atoms with Crippen LogP contribution in [0.4, 0.5) is 5.82 Å². The van der Waals surface area contributed by atoms with Crippen molar-refractivity contribution in [2.24, 2.45) is 11.8 Å². The van der Waals surface area contributed by atoms with E-state index < -0.39 is 0 Å². The molecular formula is C14H18Cl2N4O. The minimum atomic E-state index is -0.0624. The third-order valence-corrected chi connectivity index (χ3v) is 5.53. The maximum atomic E-state index is 6.19. The number of halogens is 2. The SMILES string of the molecule is Clc1cnc(NN2NC[C@]3(CC4CCC3CC4)O2)c(Cl)c1. The zero-order valence-electron chi connectivity index (χ0n) is 11.6. The number of nitrogens with one attached hydrogen (secondary N) is 2. The molecule has 1 spiro atoms. The second-order valence-electron chi connectivity index (χ2n) is 6.30. The third kappa shape index (κ3) is 2.51. The van der Waals surface area contributed by atoms with Crippen LogP contribution in [0.2, 0.25) is 10.0 Å². The Morgan fingerprint density at radius 1 is 1.33 bits per heavy atom. The highest BCUT2D eigenvalue weighted by atomic mass is 35.5. The van der Waals surface area contributed by atoms with Gasteiger partial charge in [0.2, 0.25) is 0 Å². The highest BCUT2D eigenvalue weighted by Gasteiger charge is 2.52. The lowest BCUT2D eigenvalue weighted by Gasteiger charge is -2.47. The summed E-state index contributed by atoms with van der Waals surface area (Å²) < 4.78 is 0. The molecule has 5 nitrogen and oxygen atoms in total. The van der Waals surface area contributed by atoms with Crippen LogP contribution < -0.4 is 10.9 Å². The molecule has 4 aliphatic rings. The van der Waals surface area contributed by atoms with Crippen molar-refractivity contribution < 1.29 is 4.84 Å². The maximum Gasteiger partial charge on any atom is 0.162 e. The van der Waals surface area contributed by atoms with E-state index in [4.69, 9.17) is 28.0 Å². The summed E-state index contributed by atoms with van der Waals surface area (Å²) in [6, 6.07) is 1.66. The molecule has 0 amide bonds. The summed E-state index contributed by atoms with van der Waals surface area (Å²) in [5, 5.41) is 2.55. The maximum absolute atomic E-state index is 6.19. The molecule has 4 fully saturated rings. The average Bonchev–Trinajstić information content (AvgIpc) is 2.86. The van der Waals surface area contributed by atoms with Gasteiger partial charge in [-0.25, -0.2) is 10.4 Å². The zero-order valence-corrected chi connectivity index (χ0v) is 13.1. The van der Waals surface area contributed by atoms with Gasteiger partial charge in [-0.15, -0.1) is 0 Å². The molecule has 2 N–H and O–H groups in total. The Morgan fingerprint density at radius 3 is 2.81 bits per heavy atom. The number of anilines is 1. The number of hydrogen-bond donors (Lipinski definition) is 2. The summed E-state index contributed by atoms with van der Waals surface area (Å²) >= 11 is 12.0. The van der Waals surface area contributed by atoms with Gasteiger partial charge in [0, 0.05) is 12.7 Å². The van der Waals surface area contributed by atoms with Crippen LogP contribution in [0.1, 0.15) is 32.1 Å². The lowest BCUT2D eigenvalue weighted by atomic mass is 9.62. The van der Waals surface area contributed by atoms with Gasteiger partial charge in [-0.05, 0) is 55.3 Å². The lowest BCUT2D eigenvalue weighted by Crippen LogP contribution is -2.50. The second kappa shape index (κ2) is 5.25. The van der Waals surface area contributed by atoms with Crippen molar-refractivity contribution in [1.82, 2.24) is 15.7 Å². The Kier molecular flexibility index (Phi) is 3.51. The van der Waals surface area contributed by atoms with Gasteiger partial charge in [0.25, 0.3) is 0 Å². The minimum Gasteiger partial charge on any atom is -0.264 e. The number of fused-ring (bicyclic) bond motifs is 2. The molecule has 0 aromatic carbocycles. The van der Waals surface area contributed by atoms with E-state index in [1.807, 2.05) is 0 Å². The average molecular weight is 329 g/mol. The van der Waals surface area contributed by atoms with Gasteiger partial charge in [0.05, 0.1) is 10.0 Å². The van der Waals surface area contributed by atoms with E-state index in [1.54, 1.807) is 17.5 Å². The summed E-state index contributed by atoms with van der Waals surface area (Å²) in [6.07, 6.45) is 7.97. The molecule has 1 atom stereocenters. The Hall–Kier alpha value is -0.590. The molecule has 21 heavy (non-hydrogen) atoms. The molecule has 0 unspecified atom stereocenters. The summed E-state index contributed by atoms with van der Waals surface area (Å²) in [5.41, 5.74) is 6.26. The summed E-state index contributed by atoms with van der Waals surface area (Å²) in [7, 11) is 0. The van der Waals surface area contributed by atoms with Crippen LogP contribution >= 0.6 is 23.2 Å². The molecule has 114 valence electrons. The molecule has 2 bridgehead atoms. The Bertz CT molecular complexity index is 550. The van der Waals surface area contributed by atoms with Crippen molar-refractivity contribution in [2.45, 2.75) is 37.7 Å². The summed E-state index contributed by atoms with van der Waals surface area (Å²) in [6.45, 7) is 0.840. The highest BCUT2D eigenvalue weighted by Crippen LogP contribution is 2.50. The second-order valence-corrected chi connectivity index (χ2v) is 7.15. The van der Waals surface area contributed by atoms with Crippen molar-refractivity contribution in [3.63, 3.8) is 0 Å². The standard InChI is InChI=1S/C14H18Cl2N4O/c15-11-5-12(16)13(17-7-11)19-20-18-8-14(21-20)6-9-1-3-10(14)4-2-9/h5,7,9-10,18H,1-4,6,8H2,(H,17,19)/t9?,10?,14-/m0/s1. The monoisotopic (exact) mass is 328 g/mol. The molecule has 3 aliphatic carbocycles. The summed E-state index contributed by atoms with van der Waals surface area (Å²) in [4.78, 5) is 10.4. The molecule has 7 heteroatoms. The van der Waals surface area contributed by atoms with Gasteiger partial charge in [0.15, 0.2) is 5.82 Å². The van der Waals surface area contributed by atoms with Crippen molar-refractivity contribution >= 4 is 29.0 Å². The van der Waals surface area contributed by atoms with Crippen molar-refractivity contribution in [3.05, 3.63) is 22.3 Å².